The van der Waals surface area contributed by atoms with E-state index in [-0.39, 0.29) is 28.4 Å². The Labute approximate surface area is 175 Å². The van der Waals surface area contributed by atoms with Gasteiger partial charge in [-0.15, -0.1) is 0 Å². The molecule has 0 unspecified atom stereocenters. The standard InChI is InChI=1S/C21H25N3O5S/c1-21(2,3)14-11-16(19(28-4)17(12-14)24-30(5,26)27)23-20(25)29-18-10-13-8-6-7-9-15(13)22-18/h6-12,22,24H,1-5H3,(H,23,25). The SMILES string of the molecule is COc1c(NC(=O)Oc2cc3ccccc3[nH]2)cc(C(C)(C)C)cc1NS(C)(=O)=O. The van der Waals surface area contributed by atoms with Crippen LogP contribution in [0.15, 0.2) is 42.5 Å². The largest absolute Gasteiger partial charge is 0.492 e. The van der Waals surface area contributed by atoms with Crippen LogP contribution in [0.25, 0.3) is 10.9 Å². The molecule has 3 rings (SSSR count). The smallest absolute Gasteiger partial charge is 0.418 e. The van der Waals surface area contributed by atoms with Gasteiger partial charge in [0.15, 0.2) is 5.75 Å². The zero-order chi connectivity index (χ0) is 22.1. The lowest BCUT2D eigenvalue weighted by Gasteiger charge is -2.23. The Bertz CT molecular complexity index is 1160. The van der Waals surface area contributed by atoms with Gasteiger partial charge in [-0.05, 0) is 29.2 Å². The Morgan fingerprint density at radius 1 is 1.07 bits per heavy atom. The van der Waals surface area contributed by atoms with Gasteiger partial charge in [0, 0.05) is 17.0 Å². The van der Waals surface area contributed by atoms with Crippen LogP contribution >= 0.6 is 0 Å². The van der Waals surface area contributed by atoms with Crippen molar-refractivity contribution in [1.29, 1.82) is 0 Å². The van der Waals surface area contributed by atoms with Crippen molar-refractivity contribution in [2.24, 2.45) is 0 Å². The molecule has 0 fully saturated rings. The topological polar surface area (TPSA) is 110 Å². The number of ether oxygens (including phenoxy) is 2. The zero-order valence-electron chi connectivity index (χ0n) is 17.5. The molecule has 8 nitrogen and oxygen atoms in total. The Balaban J connectivity index is 1.94. The van der Waals surface area contributed by atoms with Crippen LogP contribution in [-0.2, 0) is 15.4 Å². The van der Waals surface area contributed by atoms with E-state index in [0.717, 1.165) is 22.7 Å². The summed E-state index contributed by atoms with van der Waals surface area (Å²) in [5.41, 5.74) is 1.85. The van der Waals surface area contributed by atoms with Crippen LogP contribution < -0.4 is 19.5 Å². The van der Waals surface area contributed by atoms with Crippen molar-refractivity contribution in [2.75, 3.05) is 23.4 Å². The fourth-order valence-electron chi connectivity index (χ4n) is 2.99. The highest BCUT2D eigenvalue weighted by atomic mass is 32.2. The molecule has 30 heavy (non-hydrogen) atoms. The number of carbonyl (C=O) groups is 1. The Morgan fingerprint density at radius 3 is 2.33 bits per heavy atom. The summed E-state index contributed by atoms with van der Waals surface area (Å²) in [7, 11) is -2.16. The third-order valence-electron chi connectivity index (χ3n) is 4.40. The highest BCUT2D eigenvalue weighted by Gasteiger charge is 2.22. The minimum absolute atomic E-state index is 0.182. The number of hydrogen-bond donors (Lipinski definition) is 3. The lowest BCUT2D eigenvalue weighted by molar-refractivity contribution is 0.213. The van der Waals surface area contributed by atoms with Crippen LogP contribution in [-0.4, -0.2) is 32.9 Å². The summed E-state index contributed by atoms with van der Waals surface area (Å²) in [6.45, 7) is 5.93. The Hall–Kier alpha value is -3.20. The number of nitrogens with one attached hydrogen (secondary N) is 3. The summed E-state index contributed by atoms with van der Waals surface area (Å²) in [5, 5.41) is 3.56. The average molecular weight is 432 g/mol. The van der Waals surface area contributed by atoms with E-state index in [0.29, 0.717) is 0 Å². The van der Waals surface area contributed by atoms with Gasteiger partial charge in [-0.1, -0.05) is 39.0 Å². The number of aromatic nitrogens is 1. The van der Waals surface area contributed by atoms with Gasteiger partial charge in [-0.25, -0.2) is 13.2 Å². The van der Waals surface area contributed by atoms with E-state index in [1.165, 1.54) is 7.11 Å². The van der Waals surface area contributed by atoms with E-state index >= 15 is 0 Å². The first-order valence-electron chi connectivity index (χ1n) is 9.23. The lowest BCUT2D eigenvalue weighted by Crippen LogP contribution is -2.20. The molecule has 0 aliphatic carbocycles. The first-order valence-corrected chi connectivity index (χ1v) is 11.1. The van der Waals surface area contributed by atoms with Gasteiger partial charge in [-0.3, -0.25) is 10.0 Å². The third-order valence-corrected chi connectivity index (χ3v) is 4.99. The summed E-state index contributed by atoms with van der Waals surface area (Å²) in [6.07, 6.45) is 0.309. The zero-order valence-corrected chi connectivity index (χ0v) is 18.3. The van der Waals surface area contributed by atoms with Gasteiger partial charge in [0.25, 0.3) is 0 Å². The van der Waals surface area contributed by atoms with E-state index < -0.39 is 16.1 Å². The maximum absolute atomic E-state index is 12.5. The first-order chi connectivity index (χ1) is 14.0. The molecule has 0 bridgehead atoms. The van der Waals surface area contributed by atoms with Gasteiger partial charge >= 0.3 is 6.09 Å². The number of carbonyl (C=O) groups excluding carboxylic acids is 1. The number of hydrogen-bond acceptors (Lipinski definition) is 5. The average Bonchev–Trinajstić information content (AvgIpc) is 3.01. The molecule has 160 valence electrons. The number of aromatic amines is 1. The summed E-state index contributed by atoms with van der Waals surface area (Å²) >= 11 is 0. The Kier molecular flexibility index (Phi) is 5.67. The van der Waals surface area contributed by atoms with Crippen LogP contribution in [0, 0.1) is 0 Å². The normalized spacial score (nSPS) is 11.9. The van der Waals surface area contributed by atoms with Gasteiger partial charge in [0.2, 0.25) is 15.9 Å². The van der Waals surface area contributed by atoms with Crippen LogP contribution in [0.2, 0.25) is 0 Å². The number of benzene rings is 2. The van der Waals surface area contributed by atoms with Gasteiger partial charge in [0.1, 0.15) is 0 Å². The maximum Gasteiger partial charge on any atom is 0.418 e. The fraction of sp³-hybridized carbons (Fsp3) is 0.286. The summed E-state index contributed by atoms with van der Waals surface area (Å²) in [5.74, 6) is 0.469. The summed E-state index contributed by atoms with van der Waals surface area (Å²) < 4.78 is 36.8. The van der Waals surface area contributed by atoms with E-state index in [9.17, 15) is 13.2 Å². The van der Waals surface area contributed by atoms with Crippen LogP contribution in [0.1, 0.15) is 26.3 Å². The molecule has 0 saturated heterocycles. The molecule has 0 aliphatic heterocycles. The third kappa shape index (κ3) is 5.04. The fourth-order valence-corrected chi connectivity index (χ4v) is 3.54. The molecule has 3 N–H and O–H groups in total. The molecule has 0 radical (unpaired) electrons. The molecular weight excluding hydrogens is 406 g/mol. The summed E-state index contributed by atoms with van der Waals surface area (Å²) in [4.78, 5) is 15.5. The highest BCUT2D eigenvalue weighted by Crippen LogP contribution is 2.39. The van der Waals surface area contributed by atoms with Crippen LogP contribution in [0.3, 0.4) is 0 Å². The van der Waals surface area contributed by atoms with Crippen molar-refractivity contribution in [1.82, 2.24) is 4.98 Å². The quantitative estimate of drug-likeness (QED) is 0.553. The number of methoxy groups -OCH3 is 1. The van der Waals surface area contributed by atoms with Gasteiger partial charge in [0.05, 0.1) is 24.7 Å². The highest BCUT2D eigenvalue weighted by molar-refractivity contribution is 7.92. The minimum Gasteiger partial charge on any atom is -0.492 e. The van der Waals surface area contributed by atoms with Crippen molar-refractivity contribution in [3.63, 3.8) is 0 Å². The van der Waals surface area contributed by atoms with Crippen molar-refractivity contribution < 1.29 is 22.7 Å². The number of H-pyrrole nitrogens is 1. The number of para-hydroxylation sites is 1. The molecule has 2 aromatic carbocycles. The van der Waals surface area contributed by atoms with Crippen LogP contribution in [0.4, 0.5) is 16.2 Å². The Morgan fingerprint density at radius 2 is 1.73 bits per heavy atom. The lowest BCUT2D eigenvalue weighted by atomic mass is 9.86. The van der Waals surface area contributed by atoms with Crippen molar-refractivity contribution in [2.45, 2.75) is 26.2 Å². The van der Waals surface area contributed by atoms with Gasteiger partial charge in [-0.2, -0.15) is 0 Å². The molecular formula is C21H25N3O5S. The predicted octanol–water partition coefficient (Wildman–Crippen LogP) is 4.46. The van der Waals surface area contributed by atoms with Crippen molar-refractivity contribution >= 4 is 38.4 Å². The second-order valence-corrected chi connectivity index (χ2v) is 9.71. The molecule has 1 heterocycles. The van der Waals surface area contributed by atoms with Crippen LogP contribution in [0.5, 0.6) is 11.6 Å². The van der Waals surface area contributed by atoms with E-state index in [2.05, 4.69) is 15.0 Å². The van der Waals surface area contributed by atoms with E-state index in [4.69, 9.17) is 9.47 Å². The second kappa shape index (κ2) is 7.91. The predicted molar refractivity (Wildman–Crippen MR) is 118 cm³/mol. The molecule has 1 aromatic heterocycles. The first kappa shape index (κ1) is 21.5. The molecule has 0 saturated carbocycles. The molecule has 1 amide bonds. The number of sulfonamides is 1. The van der Waals surface area contributed by atoms with E-state index in [1.54, 1.807) is 18.2 Å². The number of rotatable bonds is 5. The molecule has 0 spiro atoms. The number of amides is 1. The molecule has 0 aliphatic rings. The maximum atomic E-state index is 12.5. The van der Waals surface area contributed by atoms with E-state index in [1.807, 2.05) is 45.0 Å². The second-order valence-electron chi connectivity index (χ2n) is 7.96. The van der Waals surface area contributed by atoms with Gasteiger partial charge < -0.3 is 14.5 Å². The number of fused-ring (bicyclic) bond motifs is 1. The molecule has 3 aromatic rings. The summed E-state index contributed by atoms with van der Waals surface area (Å²) in [6, 6.07) is 12.7. The van der Waals surface area contributed by atoms with Crippen molar-refractivity contribution in [3.8, 4) is 11.6 Å². The minimum atomic E-state index is -3.56. The van der Waals surface area contributed by atoms with Crippen molar-refractivity contribution in [3.05, 3.63) is 48.0 Å². The number of anilines is 2. The molecule has 9 heteroatoms. The molecule has 0 atom stereocenters. The monoisotopic (exact) mass is 431 g/mol.